The molecule has 0 spiro atoms. The quantitative estimate of drug-likeness (QED) is 0.326. The van der Waals surface area contributed by atoms with Crippen molar-refractivity contribution in [1.29, 1.82) is 0 Å². The van der Waals surface area contributed by atoms with Crippen molar-refractivity contribution >= 4 is 40.7 Å². The third kappa shape index (κ3) is 5.95. The molecule has 2 aliphatic carbocycles. The van der Waals surface area contributed by atoms with E-state index in [1.165, 1.54) is 0 Å². The van der Waals surface area contributed by atoms with Gasteiger partial charge in [0.05, 0.1) is 23.2 Å². The third-order valence-corrected chi connectivity index (χ3v) is 11.9. The summed E-state index contributed by atoms with van der Waals surface area (Å²) in [5.41, 5.74) is 2.51. The van der Waals surface area contributed by atoms with E-state index in [0.717, 1.165) is 67.9 Å². The summed E-state index contributed by atoms with van der Waals surface area (Å²) < 4.78 is 35.4. The molecule has 3 heterocycles. The van der Waals surface area contributed by atoms with Gasteiger partial charge in [-0.05, 0) is 63.5 Å². The predicted molar refractivity (Wildman–Crippen MR) is 154 cm³/mol. The molecule has 1 N–H and O–H groups in total. The molecule has 0 radical (unpaired) electrons. The minimum Gasteiger partial charge on any atom is -0.361 e. The summed E-state index contributed by atoms with van der Waals surface area (Å²) in [6, 6.07) is 3.49. The summed E-state index contributed by atoms with van der Waals surface area (Å²) in [7, 11) is -4.29. The van der Waals surface area contributed by atoms with Crippen molar-refractivity contribution in [3.8, 4) is 0 Å². The average molecular weight is 562 g/mol. The van der Waals surface area contributed by atoms with Crippen LogP contribution in [0.2, 0.25) is 25.7 Å². The largest absolute Gasteiger partial charge is 0.361 e. The Bertz CT molecular complexity index is 1260. The summed E-state index contributed by atoms with van der Waals surface area (Å²) in [4.78, 5) is 22.3. The van der Waals surface area contributed by atoms with Crippen LogP contribution >= 0.6 is 0 Å². The van der Waals surface area contributed by atoms with E-state index in [-0.39, 0.29) is 11.2 Å². The number of sulfonamides is 1. The molecule has 0 saturated heterocycles. The van der Waals surface area contributed by atoms with Crippen molar-refractivity contribution in [3.63, 3.8) is 0 Å². The monoisotopic (exact) mass is 561 g/mol. The number of pyridine rings is 1. The number of nitrogens with one attached hydrogen (secondary N) is 1. The number of anilines is 1. The lowest BCUT2D eigenvalue weighted by Gasteiger charge is -2.44. The number of aromatic nitrogens is 2. The number of fused-ring (bicyclic) bond motifs is 3. The highest BCUT2D eigenvalue weighted by Gasteiger charge is 2.38. The van der Waals surface area contributed by atoms with Crippen molar-refractivity contribution in [2.45, 2.75) is 89.2 Å². The lowest BCUT2D eigenvalue weighted by atomic mass is 9.85. The number of hydrogen-bond donors (Lipinski definition) is 1. The van der Waals surface area contributed by atoms with Crippen LogP contribution in [0.1, 0.15) is 55.8 Å². The van der Waals surface area contributed by atoms with Crippen LogP contribution in [0.15, 0.2) is 18.5 Å². The molecule has 2 aromatic heterocycles. The fourth-order valence-corrected chi connectivity index (χ4v) is 7.87. The first kappa shape index (κ1) is 27.6. The van der Waals surface area contributed by atoms with E-state index in [1.54, 1.807) is 6.20 Å². The van der Waals surface area contributed by atoms with Gasteiger partial charge in [0, 0.05) is 51.6 Å². The fourth-order valence-electron chi connectivity index (χ4n) is 5.66. The highest BCUT2D eigenvalue weighted by Crippen LogP contribution is 2.39. The molecular weight excluding hydrogens is 518 g/mol. The molecule has 9 nitrogen and oxygen atoms in total. The Morgan fingerprint density at radius 3 is 2.53 bits per heavy atom. The van der Waals surface area contributed by atoms with E-state index >= 15 is 0 Å². The van der Waals surface area contributed by atoms with Gasteiger partial charge < -0.3 is 19.1 Å². The molecular formula is C27H43N5O4SSi. The number of amides is 1. The summed E-state index contributed by atoms with van der Waals surface area (Å²) in [6.45, 7) is 12.0. The molecule has 1 amide bonds. The van der Waals surface area contributed by atoms with Crippen LogP contribution in [0, 0.1) is 5.92 Å². The zero-order valence-electron chi connectivity index (χ0n) is 23.3. The molecule has 2 aromatic rings. The normalized spacial score (nSPS) is 22.8. The lowest BCUT2D eigenvalue weighted by molar-refractivity contribution is 0.0741. The Labute approximate surface area is 228 Å². The summed E-state index contributed by atoms with van der Waals surface area (Å²) in [6.07, 6.45) is 9.25. The summed E-state index contributed by atoms with van der Waals surface area (Å²) in [5, 5.41) is 0.829. The maximum Gasteiger partial charge on any atom is 0.258 e. The molecule has 38 heavy (non-hydrogen) atoms. The van der Waals surface area contributed by atoms with E-state index < -0.39 is 18.1 Å². The number of hydrogen-bond acceptors (Lipinski definition) is 6. The second-order valence-electron chi connectivity index (χ2n) is 12.4. The van der Waals surface area contributed by atoms with Crippen LogP contribution in [-0.2, 0) is 21.5 Å². The van der Waals surface area contributed by atoms with Gasteiger partial charge in [-0.3, -0.25) is 4.79 Å². The van der Waals surface area contributed by atoms with Gasteiger partial charge in [-0.15, -0.1) is 0 Å². The standard InChI is InChI=1S/C27H43N5O4SSi/c1-5-30-18-32(21-8-6-20(7-9-21)16-29-37(34,35)22-10-11-22)25-23-12-13-31(19-36-14-15-38(2,3)4)26(23)28-17-24(25)27(30)33/h12-13,17,20-22,29H,5-11,14-16,18-19H2,1-4H3. The maximum atomic E-state index is 13.3. The average Bonchev–Trinajstić information content (AvgIpc) is 3.67. The highest BCUT2D eigenvalue weighted by atomic mass is 32.2. The second kappa shape index (κ2) is 10.9. The van der Waals surface area contributed by atoms with E-state index in [9.17, 15) is 13.2 Å². The van der Waals surface area contributed by atoms with Gasteiger partial charge in [0.2, 0.25) is 10.0 Å². The zero-order chi connectivity index (χ0) is 27.1. The van der Waals surface area contributed by atoms with Crippen LogP contribution in [0.25, 0.3) is 11.0 Å². The Morgan fingerprint density at radius 1 is 1.13 bits per heavy atom. The van der Waals surface area contributed by atoms with Crippen LogP contribution in [0.4, 0.5) is 5.69 Å². The van der Waals surface area contributed by atoms with E-state index in [4.69, 9.17) is 9.72 Å². The highest BCUT2D eigenvalue weighted by molar-refractivity contribution is 7.90. The molecule has 0 bridgehead atoms. The molecule has 0 atom stereocenters. The van der Waals surface area contributed by atoms with Gasteiger partial charge in [0.25, 0.3) is 5.91 Å². The second-order valence-corrected chi connectivity index (χ2v) is 20.1. The molecule has 3 aliphatic rings. The van der Waals surface area contributed by atoms with Crippen molar-refractivity contribution in [2.24, 2.45) is 5.92 Å². The van der Waals surface area contributed by atoms with Gasteiger partial charge in [0.15, 0.2) is 0 Å². The molecule has 2 fully saturated rings. The van der Waals surface area contributed by atoms with Crippen molar-refractivity contribution < 1.29 is 17.9 Å². The molecule has 0 unspecified atom stereocenters. The maximum absolute atomic E-state index is 13.3. The Balaban J connectivity index is 1.32. The first-order chi connectivity index (χ1) is 18.1. The van der Waals surface area contributed by atoms with Crippen LogP contribution in [-0.4, -0.2) is 74.5 Å². The minimum absolute atomic E-state index is 0.0375. The Kier molecular flexibility index (Phi) is 7.92. The van der Waals surface area contributed by atoms with Crippen LogP contribution in [0.3, 0.4) is 0 Å². The molecule has 5 rings (SSSR count). The number of rotatable bonds is 11. The topological polar surface area (TPSA) is 96.8 Å². The smallest absolute Gasteiger partial charge is 0.258 e. The molecule has 1 aliphatic heterocycles. The van der Waals surface area contributed by atoms with E-state index in [0.29, 0.717) is 44.0 Å². The third-order valence-electron chi connectivity index (χ3n) is 8.29. The number of ether oxygens (including phenoxy) is 1. The number of carbonyl (C=O) groups is 1. The zero-order valence-corrected chi connectivity index (χ0v) is 25.1. The lowest BCUT2D eigenvalue weighted by Crippen LogP contribution is -2.52. The fraction of sp³-hybridized carbons (Fsp3) is 0.704. The van der Waals surface area contributed by atoms with E-state index in [1.807, 2.05) is 22.6 Å². The van der Waals surface area contributed by atoms with Gasteiger partial charge >= 0.3 is 0 Å². The SMILES string of the molecule is CCN1CN(C2CCC(CNS(=O)(=O)C3CC3)CC2)c2c(cnc3c2ccn3COCC[Si](C)(C)C)C1=O. The summed E-state index contributed by atoms with van der Waals surface area (Å²) in [5.74, 6) is 0.398. The van der Waals surface area contributed by atoms with Crippen molar-refractivity contribution in [3.05, 3.63) is 24.0 Å². The van der Waals surface area contributed by atoms with Gasteiger partial charge in [-0.1, -0.05) is 19.6 Å². The first-order valence-corrected chi connectivity index (χ1v) is 19.4. The van der Waals surface area contributed by atoms with E-state index in [2.05, 4.69) is 35.3 Å². The predicted octanol–water partition coefficient (Wildman–Crippen LogP) is 4.23. The molecule has 2 saturated carbocycles. The number of nitrogens with zero attached hydrogens (tertiary/aromatic N) is 4. The van der Waals surface area contributed by atoms with Gasteiger partial charge in [-0.25, -0.2) is 18.1 Å². The molecule has 11 heteroatoms. The molecule has 0 aromatic carbocycles. The Morgan fingerprint density at radius 2 is 1.87 bits per heavy atom. The molecule has 210 valence electrons. The minimum atomic E-state index is -3.14. The van der Waals surface area contributed by atoms with Gasteiger partial charge in [0.1, 0.15) is 12.4 Å². The number of carbonyl (C=O) groups excluding carboxylic acids is 1. The van der Waals surface area contributed by atoms with Crippen molar-refractivity contribution in [2.75, 3.05) is 31.3 Å². The van der Waals surface area contributed by atoms with Crippen LogP contribution in [0.5, 0.6) is 0 Å². The Hall–Kier alpha value is -1.95. The van der Waals surface area contributed by atoms with Crippen LogP contribution < -0.4 is 9.62 Å². The van der Waals surface area contributed by atoms with Crippen molar-refractivity contribution in [1.82, 2.24) is 19.2 Å². The van der Waals surface area contributed by atoms with Gasteiger partial charge in [-0.2, -0.15) is 0 Å². The summed E-state index contributed by atoms with van der Waals surface area (Å²) >= 11 is 0. The first-order valence-electron chi connectivity index (χ1n) is 14.2.